The van der Waals surface area contributed by atoms with E-state index in [-0.39, 0.29) is 17.8 Å². The molecule has 2 aliphatic carbocycles. The van der Waals surface area contributed by atoms with Gasteiger partial charge in [0.05, 0.1) is 6.42 Å². The lowest BCUT2D eigenvalue weighted by Crippen LogP contribution is -2.53. The number of hydrogen-bond acceptors (Lipinski definition) is 3. The third-order valence-corrected chi connectivity index (χ3v) is 4.42. The molecule has 0 heterocycles. The molecule has 21 heavy (non-hydrogen) atoms. The number of carbonyl (C=O) groups excluding carboxylic acids is 1. The van der Waals surface area contributed by atoms with Crippen molar-refractivity contribution in [2.75, 3.05) is 6.54 Å². The van der Waals surface area contributed by atoms with E-state index in [1.165, 1.54) is 5.57 Å². The van der Waals surface area contributed by atoms with Crippen molar-refractivity contribution < 1.29 is 19.4 Å². The lowest BCUT2D eigenvalue weighted by atomic mass is 9.53. The quantitative estimate of drug-likeness (QED) is 0.782. The molecular weight excluding hydrogens is 270 g/mol. The predicted octanol–water partition coefficient (Wildman–Crippen LogP) is 2.96. The number of carboxylic acids is 1. The molecule has 118 valence electrons. The zero-order valence-corrected chi connectivity index (χ0v) is 13.2. The number of allylic oxidation sites excluding steroid dienone is 2. The zero-order valence-electron chi connectivity index (χ0n) is 13.2. The molecule has 0 unspecified atom stereocenters. The van der Waals surface area contributed by atoms with Crippen molar-refractivity contribution in [2.24, 2.45) is 17.3 Å². The molecule has 0 bridgehead atoms. The molecule has 5 nitrogen and oxygen atoms in total. The summed E-state index contributed by atoms with van der Waals surface area (Å²) < 4.78 is 5.23. The smallest absolute Gasteiger partial charge is 0.407 e. The second-order valence-electron chi connectivity index (χ2n) is 7.50. The fraction of sp³-hybridized carbons (Fsp3) is 0.750. The van der Waals surface area contributed by atoms with Gasteiger partial charge in [0.25, 0.3) is 0 Å². The number of rotatable bonds is 4. The highest BCUT2D eigenvalue weighted by Gasteiger charge is 2.55. The molecule has 0 spiro atoms. The molecule has 0 saturated heterocycles. The molecule has 1 amide bonds. The minimum absolute atomic E-state index is 0.0910. The summed E-state index contributed by atoms with van der Waals surface area (Å²) in [6.07, 6.45) is 3.71. The van der Waals surface area contributed by atoms with Crippen LogP contribution in [0.5, 0.6) is 0 Å². The van der Waals surface area contributed by atoms with Gasteiger partial charge in [-0.25, -0.2) is 4.79 Å². The van der Waals surface area contributed by atoms with Crippen LogP contribution in [0.4, 0.5) is 4.79 Å². The van der Waals surface area contributed by atoms with Gasteiger partial charge in [-0.3, -0.25) is 4.79 Å². The van der Waals surface area contributed by atoms with E-state index in [2.05, 4.69) is 18.3 Å². The van der Waals surface area contributed by atoms with Crippen molar-refractivity contribution in [3.63, 3.8) is 0 Å². The maximum absolute atomic E-state index is 11.8. The van der Waals surface area contributed by atoms with E-state index >= 15 is 0 Å². The van der Waals surface area contributed by atoms with Gasteiger partial charge in [-0.2, -0.15) is 0 Å². The molecule has 0 aromatic heterocycles. The van der Waals surface area contributed by atoms with Crippen LogP contribution in [0, 0.1) is 17.3 Å². The number of alkyl carbamates (subject to hydrolysis) is 1. The van der Waals surface area contributed by atoms with Crippen LogP contribution < -0.4 is 5.32 Å². The average Bonchev–Trinajstić information content (AvgIpc) is 2.59. The number of amides is 1. The fourth-order valence-electron chi connectivity index (χ4n) is 3.73. The summed E-state index contributed by atoms with van der Waals surface area (Å²) in [5, 5.41) is 11.9. The SMILES string of the molecule is CC1=C[C@H]2[C@H](C1)C[C@@]2(CNC(=O)OC(C)(C)C)CC(=O)O. The van der Waals surface area contributed by atoms with Crippen LogP contribution in [0.25, 0.3) is 0 Å². The van der Waals surface area contributed by atoms with Gasteiger partial charge in [-0.05, 0) is 52.4 Å². The summed E-state index contributed by atoms with van der Waals surface area (Å²) in [6, 6.07) is 0. The normalized spacial score (nSPS) is 31.0. The first kappa shape index (κ1) is 15.9. The van der Waals surface area contributed by atoms with Crippen molar-refractivity contribution in [3.8, 4) is 0 Å². The second-order valence-corrected chi connectivity index (χ2v) is 7.50. The Morgan fingerprint density at radius 3 is 2.67 bits per heavy atom. The molecule has 2 rings (SSSR count). The van der Waals surface area contributed by atoms with Gasteiger partial charge in [-0.15, -0.1) is 0 Å². The zero-order chi connectivity index (χ0) is 15.8. The molecule has 0 radical (unpaired) electrons. The minimum atomic E-state index is -0.808. The van der Waals surface area contributed by atoms with Crippen LogP contribution in [-0.4, -0.2) is 29.3 Å². The first-order chi connectivity index (χ1) is 9.61. The van der Waals surface area contributed by atoms with Crippen LogP contribution in [0.3, 0.4) is 0 Å². The van der Waals surface area contributed by atoms with Gasteiger partial charge in [-0.1, -0.05) is 11.6 Å². The average molecular weight is 295 g/mol. The largest absolute Gasteiger partial charge is 0.481 e. The Labute approximate surface area is 125 Å². The Bertz CT molecular complexity index is 477. The van der Waals surface area contributed by atoms with Gasteiger partial charge >= 0.3 is 12.1 Å². The van der Waals surface area contributed by atoms with E-state index in [0.717, 1.165) is 12.8 Å². The summed E-state index contributed by atoms with van der Waals surface area (Å²) in [4.78, 5) is 23.0. The van der Waals surface area contributed by atoms with Crippen LogP contribution in [0.15, 0.2) is 11.6 Å². The van der Waals surface area contributed by atoms with Gasteiger partial charge < -0.3 is 15.2 Å². The third kappa shape index (κ3) is 3.57. The molecule has 2 N–H and O–H groups in total. The van der Waals surface area contributed by atoms with Crippen molar-refractivity contribution >= 4 is 12.1 Å². The maximum atomic E-state index is 11.8. The fourth-order valence-corrected chi connectivity index (χ4v) is 3.73. The maximum Gasteiger partial charge on any atom is 0.407 e. The number of ether oxygens (including phenoxy) is 1. The highest BCUT2D eigenvalue weighted by molar-refractivity contribution is 5.70. The van der Waals surface area contributed by atoms with Gasteiger partial charge in [0.1, 0.15) is 5.60 Å². The molecule has 5 heteroatoms. The number of carboxylic acid groups (broad SMARTS) is 1. The topological polar surface area (TPSA) is 75.6 Å². The Morgan fingerprint density at radius 2 is 2.14 bits per heavy atom. The number of nitrogens with one attached hydrogen (secondary N) is 1. The minimum Gasteiger partial charge on any atom is -0.481 e. The molecular formula is C16H25NO4. The highest BCUT2D eigenvalue weighted by Crippen LogP contribution is 2.59. The molecule has 0 aromatic rings. The van der Waals surface area contributed by atoms with Gasteiger partial charge in [0, 0.05) is 12.0 Å². The van der Waals surface area contributed by atoms with E-state index in [9.17, 15) is 14.7 Å². The summed E-state index contributed by atoms with van der Waals surface area (Å²) in [5.74, 6) is 0.00529. The Balaban J connectivity index is 1.99. The number of fused-ring (bicyclic) bond motifs is 1. The third-order valence-electron chi connectivity index (χ3n) is 4.42. The summed E-state index contributed by atoms with van der Waals surface area (Å²) in [6.45, 7) is 7.87. The summed E-state index contributed by atoms with van der Waals surface area (Å²) in [7, 11) is 0. The first-order valence-corrected chi connectivity index (χ1v) is 7.47. The Morgan fingerprint density at radius 1 is 1.48 bits per heavy atom. The van der Waals surface area contributed by atoms with Crippen molar-refractivity contribution in [1.82, 2.24) is 5.32 Å². The van der Waals surface area contributed by atoms with E-state index in [0.29, 0.717) is 12.5 Å². The summed E-state index contributed by atoms with van der Waals surface area (Å²) in [5.41, 5.74) is 0.427. The van der Waals surface area contributed by atoms with Crippen LogP contribution in [0.1, 0.15) is 47.0 Å². The van der Waals surface area contributed by atoms with Crippen molar-refractivity contribution in [2.45, 2.75) is 52.6 Å². The van der Waals surface area contributed by atoms with Crippen LogP contribution >= 0.6 is 0 Å². The van der Waals surface area contributed by atoms with E-state index in [1.54, 1.807) is 0 Å². The lowest BCUT2D eigenvalue weighted by Gasteiger charge is -2.51. The number of hydrogen-bond donors (Lipinski definition) is 2. The first-order valence-electron chi connectivity index (χ1n) is 7.47. The van der Waals surface area contributed by atoms with Gasteiger partial charge in [0.2, 0.25) is 0 Å². The molecule has 3 atom stereocenters. The standard InChI is InChI=1S/C16H25NO4/c1-10-5-11-7-16(8-13(18)19,12(11)6-10)9-17-14(20)21-15(2,3)4/h6,11-12H,5,7-9H2,1-4H3,(H,17,20)(H,18,19)/t11-,12+,16+/m1/s1. The Kier molecular flexibility index (Phi) is 4.04. The van der Waals surface area contributed by atoms with Crippen molar-refractivity contribution in [1.29, 1.82) is 0 Å². The van der Waals surface area contributed by atoms with Gasteiger partial charge in [0.15, 0.2) is 0 Å². The van der Waals surface area contributed by atoms with Crippen LogP contribution in [-0.2, 0) is 9.53 Å². The number of aliphatic carboxylic acids is 1. The van der Waals surface area contributed by atoms with E-state index in [4.69, 9.17) is 4.74 Å². The van der Waals surface area contributed by atoms with E-state index < -0.39 is 17.7 Å². The predicted molar refractivity (Wildman–Crippen MR) is 78.9 cm³/mol. The summed E-state index contributed by atoms with van der Waals surface area (Å²) >= 11 is 0. The van der Waals surface area contributed by atoms with E-state index in [1.807, 2.05) is 20.8 Å². The number of carbonyl (C=O) groups is 2. The Hall–Kier alpha value is -1.52. The van der Waals surface area contributed by atoms with Crippen molar-refractivity contribution in [3.05, 3.63) is 11.6 Å². The molecule has 1 fully saturated rings. The lowest BCUT2D eigenvalue weighted by molar-refractivity contribution is -0.144. The molecule has 1 saturated carbocycles. The molecule has 2 aliphatic rings. The van der Waals surface area contributed by atoms with Crippen LogP contribution in [0.2, 0.25) is 0 Å². The second kappa shape index (κ2) is 5.35. The monoisotopic (exact) mass is 295 g/mol. The molecule has 0 aliphatic heterocycles. The highest BCUT2D eigenvalue weighted by atomic mass is 16.6. The molecule has 0 aromatic carbocycles.